The molecule has 2 N–H and O–H groups in total. The minimum atomic E-state index is 0.252. The third-order valence-electron chi connectivity index (χ3n) is 3.02. The van der Waals surface area contributed by atoms with E-state index in [9.17, 15) is 0 Å². The summed E-state index contributed by atoms with van der Waals surface area (Å²) in [7, 11) is 1.67. The molecule has 0 bridgehead atoms. The van der Waals surface area contributed by atoms with Gasteiger partial charge in [-0.2, -0.15) is 0 Å². The summed E-state index contributed by atoms with van der Waals surface area (Å²) < 4.78 is 5.17. The zero-order chi connectivity index (χ0) is 12.8. The van der Waals surface area contributed by atoms with Crippen LogP contribution in [-0.4, -0.2) is 18.6 Å². The van der Waals surface area contributed by atoms with Crippen molar-refractivity contribution < 1.29 is 4.74 Å². The number of nitrogens with zero attached hydrogens (tertiary/aromatic N) is 1. The second-order valence-electron chi connectivity index (χ2n) is 4.16. The lowest BCUT2D eigenvalue weighted by Gasteiger charge is -2.16. The molecule has 0 saturated heterocycles. The van der Waals surface area contributed by atoms with Crippen LogP contribution in [0.15, 0.2) is 48.7 Å². The van der Waals surface area contributed by atoms with E-state index in [2.05, 4.69) is 17.1 Å². The van der Waals surface area contributed by atoms with Gasteiger partial charge < -0.3 is 10.5 Å². The highest BCUT2D eigenvalue weighted by Gasteiger charge is 2.14. The van der Waals surface area contributed by atoms with Gasteiger partial charge in [0.2, 0.25) is 0 Å². The van der Waals surface area contributed by atoms with Crippen LogP contribution in [0, 0.1) is 0 Å². The van der Waals surface area contributed by atoms with E-state index in [0.29, 0.717) is 6.54 Å². The molecule has 1 aromatic carbocycles. The molecule has 2 rings (SSSR count). The normalized spacial score (nSPS) is 12.1. The van der Waals surface area contributed by atoms with Crippen LogP contribution in [-0.2, 0) is 0 Å². The minimum Gasteiger partial charge on any atom is -0.497 e. The molecule has 0 aliphatic rings. The maximum Gasteiger partial charge on any atom is 0.118 e. The summed E-state index contributed by atoms with van der Waals surface area (Å²) in [6.45, 7) is 0.646. The average Bonchev–Trinajstić information content (AvgIpc) is 2.46. The molecule has 0 amide bonds. The first kappa shape index (κ1) is 12.6. The van der Waals surface area contributed by atoms with Crippen LogP contribution in [0.4, 0.5) is 0 Å². The monoisotopic (exact) mass is 242 g/mol. The molecule has 3 heteroatoms. The fourth-order valence-electron chi connectivity index (χ4n) is 2.07. The molecule has 94 valence electrons. The first-order chi connectivity index (χ1) is 8.85. The van der Waals surface area contributed by atoms with Gasteiger partial charge in [-0.15, -0.1) is 0 Å². The highest BCUT2D eigenvalue weighted by Crippen LogP contribution is 2.27. The maximum absolute atomic E-state index is 5.71. The lowest BCUT2D eigenvalue weighted by Crippen LogP contribution is -2.10. The maximum atomic E-state index is 5.71. The Kier molecular flexibility index (Phi) is 4.31. The summed E-state index contributed by atoms with van der Waals surface area (Å²) in [5.41, 5.74) is 7.99. The van der Waals surface area contributed by atoms with Crippen molar-refractivity contribution in [3.63, 3.8) is 0 Å². The molecular formula is C15H18N2O. The quantitative estimate of drug-likeness (QED) is 0.876. The van der Waals surface area contributed by atoms with Crippen LogP contribution in [0.5, 0.6) is 5.75 Å². The van der Waals surface area contributed by atoms with Gasteiger partial charge in [0.05, 0.1) is 7.11 Å². The summed E-state index contributed by atoms with van der Waals surface area (Å²) in [5.74, 6) is 1.12. The number of hydrogen-bond donors (Lipinski definition) is 1. The van der Waals surface area contributed by atoms with Crippen molar-refractivity contribution in [2.45, 2.75) is 12.3 Å². The van der Waals surface area contributed by atoms with Crippen LogP contribution in [0.3, 0.4) is 0 Å². The largest absolute Gasteiger partial charge is 0.497 e. The van der Waals surface area contributed by atoms with Gasteiger partial charge in [0.15, 0.2) is 0 Å². The zero-order valence-electron chi connectivity index (χ0n) is 10.5. The van der Waals surface area contributed by atoms with Gasteiger partial charge in [-0.25, -0.2) is 0 Å². The Morgan fingerprint density at radius 3 is 2.50 bits per heavy atom. The number of rotatable bonds is 5. The van der Waals surface area contributed by atoms with Gasteiger partial charge in [-0.05, 0) is 42.8 Å². The Morgan fingerprint density at radius 1 is 1.17 bits per heavy atom. The molecule has 0 radical (unpaired) electrons. The Morgan fingerprint density at radius 2 is 1.94 bits per heavy atom. The number of pyridine rings is 1. The highest BCUT2D eigenvalue weighted by atomic mass is 16.5. The molecule has 0 aliphatic heterocycles. The van der Waals surface area contributed by atoms with E-state index < -0.39 is 0 Å². The van der Waals surface area contributed by atoms with Crippen LogP contribution >= 0.6 is 0 Å². The SMILES string of the molecule is COc1ccc([C@H](CCN)c2ccccn2)cc1. The topological polar surface area (TPSA) is 48.1 Å². The Labute approximate surface area is 108 Å². The van der Waals surface area contributed by atoms with Gasteiger partial charge in [-0.1, -0.05) is 18.2 Å². The van der Waals surface area contributed by atoms with Crippen molar-refractivity contribution in [3.05, 3.63) is 59.9 Å². The van der Waals surface area contributed by atoms with E-state index >= 15 is 0 Å². The molecule has 0 unspecified atom stereocenters. The van der Waals surface area contributed by atoms with Crippen LogP contribution in [0.1, 0.15) is 23.6 Å². The molecule has 1 atom stereocenters. The standard InChI is InChI=1S/C15H18N2O/c1-18-13-7-5-12(6-8-13)14(9-10-16)15-4-2-3-11-17-15/h2-8,11,14H,9-10,16H2,1H3/t14-/m0/s1. The van der Waals surface area contributed by atoms with E-state index in [1.165, 1.54) is 5.56 Å². The molecule has 3 nitrogen and oxygen atoms in total. The predicted molar refractivity (Wildman–Crippen MR) is 72.7 cm³/mol. The van der Waals surface area contributed by atoms with Crippen molar-refractivity contribution in [1.29, 1.82) is 0 Å². The minimum absolute atomic E-state index is 0.252. The van der Waals surface area contributed by atoms with Crippen LogP contribution in [0.25, 0.3) is 0 Å². The highest BCUT2D eigenvalue weighted by molar-refractivity contribution is 5.33. The molecule has 0 spiro atoms. The lowest BCUT2D eigenvalue weighted by atomic mass is 9.92. The van der Waals surface area contributed by atoms with E-state index in [4.69, 9.17) is 10.5 Å². The molecule has 0 saturated carbocycles. The van der Waals surface area contributed by atoms with Crippen molar-refractivity contribution >= 4 is 0 Å². The van der Waals surface area contributed by atoms with Crippen LogP contribution in [0.2, 0.25) is 0 Å². The first-order valence-electron chi connectivity index (χ1n) is 6.10. The zero-order valence-corrected chi connectivity index (χ0v) is 10.5. The third kappa shape index (κ3) is 2.87. The van der Waals surface area contributed by atoms with Crippen molar-refractivity contribution in [2.24, 2.45) is 5.73 Å². The van der Waals surface area contributed by atoms with E-state index in [0.717, 1.165) is 17.9 Å². The van der Waals surface area contributed by atoms with Gasteiger partial charge in [-0.3, -0.25) is 4.98 Å². The Hall–Kier alpha value is -1.87. The lowest BCUT2D eigenvalue weighted by molar-refractivity contribution is 0.414. The van der Waals surface area contributed by atoms with Crippen molar-refractivity contribution in [2.75, 3.05) is 13.7 Å². The number of benzene rings is 1. The van der Waals surface area contributed by atoms with Gasteiger partial charge in [0.1, 0.15) is 5.75 Å². The Bertz CT molecular complexity index is 468. The van der Waals surface area contributed by atoms with Crippen molar-refractivity contribution in [1.82, 2.24) is 4.98 Å². The van der Waals surface area contributed by atoms with E-state index in [-0.39, 0.29) is 5.92 Å². The molecule has 1 aromatic heterocycles. The molecule has 1 heterocycles. The first-order valence-corrected chi connectivity index (χ1v) is 6.10. The van der Waals surface area contributed by atoms with Gasteiger partial charge in [0, 0.05) is 17.8 Å². The predicted octanol–water partition coefficient (Wildman–Crippen LogP) is 2.57. The van der Waals surface area contributed by atoms with Gasteiger partial charge in [0.25, 0.3) is 0 Å². The summed E-state index contributed by atoms with van der Waals surface area (Å²) in [4.78, 5) is 4.43. The van der Waals surface area contributed by atoms with E-state index in [1.807, 2.05) is 36.5 Å². The van der Waals surface area contributed by atoms with Crippen LogP contribution < -0.4 is 10.5 Å². The summed E-state index contributed by atoms with van der Waals surface area (Å²) in [6, 6.07) is 14.1. The summed E-state index contributed by atoms with van der Waals surface area (Å²) >= 11 is 0. The average molecular weight is 242 g/mol. The molecule has 0 aliphatic carbocycles. The number of nitrogens with two attached hydrogens (primary N) is 1. The second kappa shape index (κ2) is 6.17. The smallest absolute Gasteiger partial charge is 0.118 e. The molecular weight excluding hydrogens is 224 g/mol. The van der Waals surface area contributed by atoms with E-state index in [1.54, 1.807) is 7.11 Å². The number of methoxy groups -OCH3 is 1. The third-order valence-corrected chi connectivity index (χ3v) is 3.02. The molecule has 2 aromatic rings. The van der Waals surface area contributed by atoms with Crippen molar-refractivity contribution in [3.8, 4) is 5.75 Å². The number of ether oxygens (including phenoxy) is 1. The molecule has 0 fully saturated rings. The van der Waals surface area contributed by atoms with Gasteiger partial charge >= 0.3 is 0 Å². The fourth-order valence-corrected chi connectivity index (χ4v) is 2.07. The number of hydrogen-bond acceptors (Lipinski definition) is 3. The summed E-state index contributed by atoms with van der Waals surface area (Å²) in [6.07, 6.45) is 2.71. The Balaban J connectivity index is 2.29. The number of aromatic nitrogens is 1. The summed E-state index contributed by atoms with van der Waals surface area (Å²) in [5, 5.41) is 0. The second-order valence-corrected chi connectivity index (χ2v) is 4.16. The molecule has 18 heavy (non-hydrogen) atoms. The fraction of sp³-hybridized carbons (Fsp3) is 0.267.